The zero-order valence-electron chi connectivity index (χ0n) is 13.5. The lowest BCUT2D eigenvalue weighted by molar-refractivity contribution is 0.313. The van der Waals surface area contributed by atoms with Crippen LogP contribution in [0, 0.1) is 27.7 Å². The first-order valence-corrected chi connectivity index (χ1v) is 9.16. The second-order valence-electron chi connectivity index (χ2n) is 5.98. The molecule has 0 amide bonds. The minimum absolute atomic E-state index is 0.489. The summed E-state index contributed by atoms with van der Waals surface area (Å²) < 4.78 is 28.7. The second kappa shape index (κ2) is 5.90. The molecule has 6 heteroatoms. The van der Waals surface area contributed by atoms with E-state index in [1.165, 1.54) is 11.1 Å². The van der Waals surface area contributed by atoms with Gasteiger partial charge in [-0.3, -0.25) is 0 Å². The first kappa shape index (κ1) is 16.4. The summed E-state index contributed by atoms with van der Waals surface area (Å²) in [5.41, 5.74) is 6.32. The lowest BCUT2D eigenvalue weighted by Crippen LogP contribution is -2.07. The number of benzene rings is 2. The molecule has 1 heterocycles. The number of hydrogen-bond donors (Lipinski definition) is 1. The maximum absolute atomic E-state index is 12.8. The van der Waals surface area contributed by atoms with Crippen LogP contribution in [0.2, 0.25) is 0 Å². The summed E-state index contributed by atoms with van der Waals surface area (Å²) in [5.74, 6) is 0.979. The summed E-state index contributed by atoms with van der Waals surface area (Å²) in [6, 6.07) is 7.83. The number of phosphoric acid groups is 1. The fraction of sp³-hybridized carbons (Fsp3) is 0.294. The van der Waals surface area contributed by atoms with Crippen molar-refractivity contribution in [3.05, 3.63) is 57.6 Å². The third-order valence-corrected chi connectivity index (χ3v) is 5.81. The third kappa shape index (κ3) is 3.14. The Bertz CT molecular complexity index is 768. The Kier molecular flexibility index (Phi) is 4.21. The SMILES string of the molecule is Cc1cc(C)c2cc1Cc1cc(c(C)cc1C)OP(=O)(OS)O2. The molecule has 1 aliphatic heterocycles. The summed E-state index contributed by atoms with van der Waals surface area (Å²) >= 11 is 3.70. The van der Waals surface area contributed by atoms with Crippen LogP contribution in [0.1, 0.15) is 33.4 Å². The fourth-order valence-corrected chi connectivity index (χ4v) is 4.00. The van der Waals surface area contributed by atoms with E-state index in [9.17, 15) is 4.57 Å². The summed E-state index contributed by atoms with van der Waals surface area (Å²) in [6.07, 6.45) is 0.761. The highest BCUT2D eigenvalue weighted by molar-refractivity contribution is 7.80. The normalized spacial score (nSPS) is 15.5. The van der Waals surface area contributed by atoms with Gasteiger partial charge in [-0.05, 0) is 92.5 Å². The lowest BCUT2D eigenvalue weighted by atomic mass is 9.94. The van der Waals surface area contributed by atoms with Crippen LogP contribution in [-0.2, 0) is 15.0 Å². The Morgan fingerprint density at radius 2 is 1.30 bits per heavy atom. The summed E-state index contributed by atoms with van der Waals surface area (Å²) in [6.45, 7) is 7.92. The van der Waals surface area contributed by atoms with Gasteiger partial charge in [0.15, 0.2) is 0 Å². The van der Waals surface area contributed by atoms with Crippen molar-refractivity contribution in [1.29, 1.82) is 0 Å². The molecule has 4 bridgehead atoms. The average molecular weight is 350 g/mol. The zero-order valence-corrected chi connectivity index (χ0v) is 15.3. The van der Waals surface area contributed by atoms with Crippen molar-refractivity contribution in [3.63, 3.8) is 0 Å². The molecule has 0 radical (unpaired) electrons. The zero-order chi connectivity index (χ0) is 16.8. The van der Waals surface area contributed by atoms with Gasteiger partial charge in [-0.1, -0.05) is 12.1 Å². The van der Waals surface area contributed by atoms with Gasteiger partial charge in [-0.25, -0.2) is 4.57 Å². The van der Waals surface area contributed by atoms with Gasteiger partial charge in [0.05, 0.1) is 0 Å². The molecule has 4 nitrogen and oxygen atoms in total. The van der Waals surface area contributed by atoms with E-state index < -0.39 is 7.82 Å². The van der Waals surface area contributed by atoms with Crippen molar-refractivity contribution >= 4 is 20.7 Å². The van der Waals surface area contributed by atoms with Gasteiger partial charge < -0.3 is 9.05 Å². The number of rotatable bonds is 1. The number of phosphoric ester groups is 1. The molecule has 0 aromatic heterocycles. The smallest absolute Gasteiger partial charge is 0.394 e. The molecule has 0 N–H and O–H groups in total. The van der Waals surface area contributed by atoms with Crippen molar-refractivity contribution in [2.45, 2.75) is 34.1 Å². The third-order valence-electron chi connectivity index (χ3n) is 4.17. The number of aryl methyl sites for hydroxylation is 4. The molecule has 2 aromatic rings. The molecule has 0 aliphatic carbocycles. The molecule has 23 heavy (non-hydrogen) atoms. The molecule has 0 spiro atoms. The molecule has 0 atom stereocenters. The molecule has 0 unspecified atom stereocenters. The van der Waals surface area contributed by atoms with Crippen molar-refractivity contribution in [1.82, 2.24) is 0 Å². The lowest BCUT2D eigenvalue weighted by Gasteiger charge is -2.22. The van der Waals surface area contributed by atoms with Gasteiger partial charge in [0.25, 0.3) is 0 Å². The van der Waals surface area contributed by atoms with E-state index in [0.717, 1.165) is 28.7 Å². The van der Waals surface area contributed by atoms with Crippen molar-refractivity contribution in [3.8, 4) is 11.5 Å². The number of hydrogen-bond acceptors (Lipinski definition) is 5. The summed E-state index contributed by atoms with van der Waals surface area (Å²) in [4.78, 5) is 0. The molecule has 1 aliphatic rings. The van der Waals surface area contributed by atoms with E-state index in [0.29, 0.717) is 11.5 Å². The van der Waals surface area contributed by atoms with Crippen LogP contribution >= 0.6 is 20.7 Å². The Morgan fingerprint density at radius 1 is 0.870 bits per heavy atom. The average Bonchev–Trinajstić information content (AvgIpc) is 2.48. The van der Waals surface area contributed by atoms with Crippen LogP contribution in [0.3, 0.4) is 0 Å². The highest BCUT2D eigenvalue weighted by Gasteiger charge is 2.32. The molecule has 2 aromatic carbocycles. The first-order valence-electron chi connectivity index (χ1n) is 7.34. The molecular weight excluding hydrogens is 331 g/mol. The molecule has 0 fully saturated rings. The van der Waals surface area contributed by atoms with Crippen LogP contribution in [0.15, 0.2) is 24.3 Å². The Balaban J connectivity index is 2.25. The van der Waals surface area contributed by atoms with E-state index in [1.54, 1.807) is 0 Å². The topological polar surface area (TPSA) is 44.8 Å². The van der Waals surface area contributed by atoms with E-state index >= 15 is 0 Å². The Labute approximate surface area is 142 Å². The maximum Gasteiger partial charge on any atom is 0.598 e. The number of thiol groups is 1. The monoisotopic (exact) mass is 350 g/mol. The number of fused-ring (bicyclic) bond motifs is 4. The highest BCUT2D eigenvalue weighted by atomic mass is 32.1. The highest BCUT2D eigenvalue weighted by Crippen LogP contribution is 2.52. The fourth-order valence-electron chi connectivity index (χ4n) is 2.82. The predicted octanol–water partition coefficient (Wildman–Crippen LogP) is 5.25. The molecule has 3 rings (SSSR count). The molecule has 0 saturated heterocycles. The van der Waals surface area contributed by atoms with Crippen LogP contribution in [0.25, 0.3) is 0 Å². The van der Waals surface area contributed by atoms with Crippen LogP contribution in [-0.4, -0.2) is 0 Å². The molecule has 0 saturated carbocycles. The standard InChI is InChI=1S/C17H19O4PS/c1-10-5-12(3)16-8-14(10)7-15-9-17(13(4)6-11(15)2)20-22(18,19-16)21-23/h5-6,8-9,23H,7H2,1-4H3. The van der Waals surface area contributed by atoms with E-state index in [4.69, 9.17) is 13.0 Å². The van der Waals surface area contributed by atoms with Gasteiger partial charge in [-0.2, -0.15) is 3.97 Å². The predicted molar refractivity (Wildman–Crippen MR) is 93.6 cm³/mol. The van der Waals surface area contributed by atoms with Crippen molar-refractivity contribution in [2.75, 3.05) is 0 Å². The Morgan fingerprint density at radius 3 is 1.70 bits per heavy atom. The van der Waals surface area contributed by atoms with Gasteiger partial charge in [0.2, 0.25) is 0 Å². The van der Waals surface area contributed by atoms with Gasteiger partial charge in [0.1, 0.15) is 11.5 Å². The minimum Gasteiger partial charge on any atom is -0.394 e. The largest absolute Gasteiger partial charge is 0.598 e. The minimum atomic E-state index is -3.86. The van der Waals surface area contributed by atoms with Crippen LogP contribution < -0.4 is 9.05 Å². The Hall–Kier alpha value is -1.42. The van der Waals surface area contributed by atoms with Crippen molar-refractivity contribution in [2.24, 2.45) is 0 Å². The van der Waals surface area contributed by atoms with Gasteiger partial charge in [-0.15, -0.1) is 0 Å². The van der Waals surface area contributed by atoms with Crippen LogP contribution in [0.4, 0.5) is 0 Å². The summed E-state index contributed by atoms with van der Waals surface area (Å²) in [7, 11) is -3.86. The van der Waals surface area contributed by atoms with Crippen molar-refractivity contribution < 1.29 is 17.6 Å². The van der Waals surface area contributed by atoms with Gasteiger partial charge in [0, 0.05) is 0 Å². The second-order valence-corrected chi connectivity index (χ2v) is 7.89. The first-order chi connectivity index (χ1) is 10.8. The van der Waals surface area contributed by atoms with E-state index in [-0.39, 0.29) is 0 Å². The van der Waals surface area contributed by atoms with Gasteiger partial charge >= 0.3 is 7.82 Å². The van der Waals surface area contributed by atoms with E-state index in [2.05, 4.69) is 26.8 Å². The molecule has 122 valence electrons. The summed E-state index contributed by atoms with van der Waals surface area (Å²) in [5, 5.41) is 0. The van der Waals surface area contributed by atoms with E-state index in [1.807, 2.05) is 38.1 Å². The van der Waals surface area contributed by atoms with Crippen LogP contribution in [0.5, 0.6) is 11.5 Å². The quantitative estimate of drug-likeness (QED) is 0.433. The maximum atomic E-state index is 12.8. The molecular formula is C17H19O4PS.